The number of carbonyl (C=O) groups is 1. The summed E-state index contributed by atoms with van der Waals surface area (Å²) in [6.45, 7) is 5.14. The van der Waals surface area contributed by atoms with Crippen molar-refractivity contribution in [3.63, 3.8) is 0 Å². The molecule has 0 atom stereocenters. The van der Waals surface area contributed by atoms with Crippen LogP contribution in [0.3, 0.4) is 0 Å². The third kappa shape index (κ3) is 4.36. The second-order valence-corrected chi connectivity index (χ2v) is 9.67. The van der Waals surface area contributed by atoms with Crippen molar-refractivity contribution in [1.82, 2.24) is 9.55 Å². The van der Waals surface area contributed by atoms with E-state index in [2.05, 4.69) is 5.32 Å². The monoisotopic (exact) mass is 483 g/mol. The zero-order chi connectivity index (χ0) is 22.9. The van der Waals surface area contributed by atoms with Gasteiger partial charge in [-0.2, -0.15) is 0 Å². The zero-order valence-corrected chi connectivity index (χ0v) is 19.7. The van der Waals surface area contributed by atoms with Crippen molar-refractivity contribution in [1.29, 1.82) is 0 Å². The van der Waals surface area contributed by atoms with Gasteiger partial charge >= 0.3 is 0 Å². The first-order valence-electron chi connectivity index (χ1n) is 10.3. The molecule has 170 valence electrons. The number of furan rings is 1. The fourth-order valence-electron chi connectivity index (χ4n) is 3.56. The van der Waals surface area contributed by atoms with Gasteiger partial charge in [0.2, 0.25) is 5.91 Å². The summed E-state index contributed by atoms with van der Waals surface area (Å²) >= 11 is 2.70. The molecule has 1 aliphatic heterocycles. The van der Waals surface area contributed by atoms with Gasteiger partial charge in [0.15, 0.2) is 16.7 Å². The van der Waals surface area contributed by atoms with Crippen LogP contribution in [0.25, 0.3) is 10.2 Å². The third-order valence-electron chi connectivity index (χ3n) is 5.31. The predicted octanol–water partition coefficient (Wildman–Crippen LogP) is 4.22. The number of thioether (sulfide) groups is 1. The largest absolute Gasteiger partial charge is 0.486 e. The van der Waals surface area contributed by atoms with Crippen molar-refractivity contribution in [3.8, 4) is 11.5 Å². The van der Waals surface area contributed by atoms with E-state index in [4.69, 9.17) is 18.9 Å². The summed E-state index contributed by atoms with van der Waals surface area (Å²) < 4.78 is 18.1. The number of nitrogens with zero attached hydrogens (tertiary/aromatic N) is 2. The highest BCUT2D eigenvalue weighted by atomic mass is 32.2. The van der Waals surface area contributed by atoms with E-state index in [0.717, 1.165) is 10.4 Å². The number of anilines is 1. The molecule has 1 N–H and O–H groups in total. The van der Waals surface area contributed by atoms with Crippen molar-refractivity contribution in [2.75, 3.05) is 24.3 Å². The Morgan fingerprint density at radius 1 is 1.21 bits per heavy atom. The van der Waals surface area contributed by atoms with Crippen LogP contribution in [0.1, 0.15) is 16.2 Å². The average molecular weight is 484 g/mol. The van der Waals surface area contributed by atoms with E-state index in [1.54, 1.807) is 35.1 Å². The minimum Gasteiger partial charge on any atom is -0.486 e. The first-order valence-corrected chi connectivity index (χ1v) is 12.1. The number of hydrogen-bond donors (Lipinski definition) is 1. The summed E-state index contributed by atoms with van der Waals surface area (Å²) in [4.78, 5) is 32.4. The lowest BCUT2D eigenvalue weighted by Gasteiger charge is -2.19. The maximum atomic E-state index is 13.3. The molecular weight excluding hydrogens is 462 g/mol. The molecule has 0 unspecified atom stereocenters. The number of aryl methyl sites for hydroxylation is 2. The number of rotatable bonds is 6. The van der Waals surface area contributed by atoms with E-state index in [1.807, 2.05) is 19.9 Å². The van der Waals surface area contributed by atoms with Crippen molar-refractivity contribution in [2.45, 2.75) is 25.5 Å². The van der Waals surface area contributed by atoms with Gasteiger partial charge in [-0.25, -0.2) is 4.98 Å². The molecule has 5 rings (SSSR count). The van der Waals surface area contributed by atoms with Crippen molar-refractivity contribution < 1.29 is 18.7 Å². The Balaban J connectivity index is 1.38. The summed E-state index contributed by atoms with van der Waals surface area (Å²) in [5, 5.41) is 3.96. The van der Waals surface area contributed by atoms with Gasteiger partial charge in [0, 0.05) is 16.6 Å². The second kappa shape index (κ2) is 8.95. The Hall–Kier alpha value is -3.24. The molecule has 0 bridgehead atoms. The molecule has 8 nitrogen and oxygen atoms in total. The molecule has 0 fully saturated rings. The molecule has 0 saturated carbocycles. The van der Waals surface area contributed by atoms with Crippen molar-refractivity contribution in [3.05, 3.63) is 63.1 Å². The van der Waals surface area contributed by atoms with E-state index < -0.39 is 0 Å². The molecule has 0 aliphatic carbocycles. The van der Waals surface area contributed by atoms with Crippen LogP contribution >= 0.6 is 23.1 Å². The van der Waals surface area contributed by atoms with Crippen LogP contribution < -0.4 is 20.3 Å². The average Bonchev–Trinajstić information content (AvgIpc) is 3.42. The zero-order valence-electron chi connectivity index (χ0n) is 18.0. The minimum absolute atomic E-state index is 0.0912. The number of aromatic nitrogens is 2. The van der Waals surface area contributed by atoms with Gasteiger partial charge in [-0.1, -0.05) is 11.8 Å². The number of hydrogen-bond acceptors (Lipinski definition) is 8. The number of benzene rings is 1. The van der Waals surface area contributed by atoms with Gasteiger partial charge in [-0.15, -0.1) is 11.3 Å². The van der Waals surface area contributed by atoms with Crippen LogP contribution in [0.4, 0.5) is 5.69 Å². The Bertz CT molecular complexity index is 1390. The van der Waals surface area contributed by atoms with E-state index >= 15 is 0 Å². The molecule has 0 spiro atoms. The molecule has 3 aromatic heterocycles. The molecule has 1 aliphatic rings. The SMILES string of the molecule is Cc1sc2nc(SCC(=O)Nc3ccc4c(c3)OCCO4)n(Cc3ccco3)c(=O)c2c1C. The Morgan fingerprint density at radius 3 is 2.82 bits per heavy atom. The number of amides is 1. The van der Waals surface area contributed by atoms with E-state index in [-0.39, 0.29) is 23.8 Å². The molecule has 33 heavy (non-hydrogen) atoms. The second-order valence-electron chi connectivity index (χ2n) is 7.52. The third-order valence-corrected chi connectivity index (χ3v) is 7.38. The summed E-state index contributed by atoms with van der Waals surface area (Å²) in [5.74, 6) is 1.79. The maximum absolute atomic E-state index is 13.3. The summed E-state index contributed by atoms with van der Waals surface area (Å²) in [5.41, 5.74) is 1.42. The molecule has 0 radical (unpaired) electrons. The van der Waals surface area contributed by atoms with Gasteiger partial charge in [-0.05, 0) is 43.7 Å². The van der Waals surface area contributed by atoms with Crippen molar-refractivity contribution in [2.24, 2.45) is 0 Å². The lowest BCUT2D eigenvalue weighted by atomic mass is 10.2. The molecule has 1 amide bonds. The fourth-order valence-corrected chi connectivity index (χ4v) is 5.43. The minimum atomic E-state index is -0.214. The number of thiophene rings is 1. The number of carbonyl (C=O) groups excluding carboxylic acids is 1. The highest BCUT2D eigenvalue weighted by Gasteiger charge is 2.19. The maximum Gasteiger partial charge on any atom is 0.263 e. The van der Waals surface area contributed by atoms with Crippen LogP contribution in [0, 0.1) is 13.8 Å². The highest BCUT2D eigenvalue weighted by molar-refractivity contribution is 7.99. The summed E-state index contributed by atoms with van der Waals surface area (Å²) in [6.07, 6.45) is 1.57. The Labute approximate surface area is 197 Å². The number of nitrogens with one attached hydrogen (secondary N) is 1. The molecule has 4 aromatic rings. The van der Waals surface area contributed by atoms with Crippen LogP contribution in [0.2, 0.25) is 0 Å². The number of ether oxygens (including phenoxy) is 2. The van der Waals surface area contributed by atoms with Gasteiger partial charge < -0.3 is 19.2 Å². The molecule has 1 aromatic carbocycles. The van der Waals surface area contributed by atoms with Crippen molar-refractivity contribution >= 4 is 44.9 Å². The smallest absolute Gasteiger partial charge is 0.263 e. The van der Waals surface area contributed by atoms with E-state index in [1.165, 1.54) is 23.1 Å². The number of fused-ring (bicyclic) bond motifs is 2. The summed E-state index contributed by atoms with van der Waals surface area (Å²) in [6, 6.07) is 8.87. The lowest BCUT2D eigenvalue weighted by Crippen LogP contribution is -2.24. The predicted molar refractivity (Wildman–Crippen MR) is 128 cm³/mol. The van der Waals surface area contributed by atoms with Gasteiger partial charge in [0.05, 0.1) is 23.9 Å². The fraction of sp³-hybridized carbons (Fsp3) is 0.261. The standard InChI is InChI=1S/C23H21N3O5S2/c1-13-14(2)33-21-20(13)22(28)26(11-16-4-3-7-29-16)23(25-21)32-12-19(27)24-15-5-6-17-18(10-15)31-9-8-30-17/h3-7,10H,8-9,11-12H2,1-2H3,(H,24,27). The molecule has 10 heteroatoms. The molecule has 0 saturated heterocycles. The highest BCUT2D eigenvalue weighted by Crippen LogP contribution is 2.33. The van der Waals surface area contributed by atoms with Crippen LogP contribution in [0.5, 0.6) is 11.5 Å². The van der Waals surface area contributed by atoms with Gasteiger partial charge in [0.1, 0.15) is 23.8 Å². The van der Waals surface area contributed by atoms with E-state index in [9.17, 15) is 9.59 Å². The first-order chi connectivity index (χ1) is 16.0. The Kier molecular flexibility index (Phi) is 5.86. The van der Waals surface area contributed by atoms with Gasteiger partial charge in [-0.3, -0.25) is 14.2 Å². The molecular formula is C23H21N3O5S2. The Morgan fingerprint density at radius 2 is 2.03 bits per heavy atom. The lowest BCUT2D eigenvalue weighted by molar-refractivity contribution is -0.113. The summed E-state index contributed by atoms with van der Waals surface area (Å²) in [7, 11) is 0. The van der Waals surface area contributed by atoms with E-state index in [0.29, 0.717) is 51.5 Å². The topological polar surface area (TPSA) is 95.6 Å². The van der Waals surface area contributed by atoms with Crippen LogP contribution in [-0.2, 0) is 11.3 Å². The molecule has 4 heterocycles. The van der Waals surface area contributed by atoms with Crippen LogP contribution in [-0.4, -0.2) is 34.4 Å². The van der Waals surface area contributed by atoms with Crippen LogP contribution in [0.15, 0.2) is 51.0 Å². The quantitative estimate of drug-likeness (QED) is 0.324. The first kappa shape index (κ1) is 21.6. The normalized spacial score (nSPS) is 12.8. The van der Waals surface area contributed by atoms with Gasteiger partial charge in [0.25, 0.3) is 5.56 Å².